The quantitative estimate of drug-likeness (QED) is 0.0893. The van der Waals surface area contributed by atoms with Crippen molar-refractivity contribution in [2.45, 2.75) is 155 Å². The molecule has 5 rings (SSSR count). The predicted octanol–water partition coefficient (Wildman–Crippen LogP) is 5.22. The minimum Gasteiger partial charge on any atom is -0.481 e. The average Bonchev–Trinajstić information content (AvgIpc) is 4.12. The zero-order valence-electron chi connectivity index (χ0n) is 41.9. The number of hydrogen-bond donors (Lipinski definition) is 1. The number of imide groups is 1. The second kappa shape index (κ2) is 24.8. The van der Waals surface area contributed by atoms with E-state index in [1.54, 1.807) is 35.6 Å². The number of likely N-dealkylation sites (N-methyl/N-ethyl adjacent to an activating group) is 1. The van der Waals surface area contributed by atoms with Gasteiger partial charge < -0.3 is 34.0 Å². The van der Waals surface area contributed by atoms with Crippen molar-refractivity contribution in [2.24, 2.45) is 41.4 Å². The predicted molar refractivity (Wildman–Crippen MR) is 253 cm³/mol. The topological polar surface area (TPSA) is 197 Å². The molecule has 5 amide bonds. The molecule has 1 N–H and O–H groups in total. The highest BCUT2D eigenvalue weighted by Gasteiger charge is 2.52. The van der Waals surface area contributed by atoms with Crippen molar-refractivity contribution < 1.29 is 57.7 Å². The Morgan fingerprint density at radius 3 is 2.21 bits per heavy atom. The van der Waals surface area contributed by atoms with Gasteiger partial charge in [-0.25, -0.2) is 0 Å². The minimum atomic E-state index is -1.05. The van der Waals surface area contributed by atoms with Gasteiger partial charge in [-0.1, -0.05) is 78.3 Å². The molecule has 1 aliphatic carbocycles. The molecule has 1 saturated carbocycles. The number of likely N-dealkylation sites (tertiary alicyclic amines) is 3. The standard InChI is InChI=1S/C52H78N4O12/c1-10-32(4)47(43(66-8)30-46(61)54-21-14-17-40(54)49(67-9)34(6)41(57)28-37(52(64)65)26-35-15-12-11-13-16-35)53(7)51(63)39(31(2)3)29-42(58)48-36-18-19-38(27-36)56(48)44(59)20-23-68-24-22-55-45(60)25-33(5)50(55)62/h11-13,15-16,31-34,36-40,43,47-49H,10,14,17-30H2,1-9H3,(H,64,65)/t32-,33?,34-,36-,37+,38+,39-,40-,43+,47-,48-,49+/m0/s1. The molecule has 16 heteroatoms. The Morgan fingerprint density at radius 1 is 0.897 bits per heavy atom. The van der Waals surface area contributed by atoms with E-state index in [2.05, 4.69) is 0 Å². The van der Waals surface area contributed by atoms with Crippen LogP contribution in [0.4, 0.5) is 0 Å². The highest BCUT2D eigenvalue weighted by Crippen LogP contribution is 2.44. The maximum absolute atomic E-state index is 14.7. The van der Waals surface area contributed by atoms with Crippen LogP contribution in [0.5, 0.6) is 0 Å². The van der Waals surface area contributed by atoms with Crippen LogP contribution in [0.2, 0.25) is 0 Å². The number of fused-ring (bicyclic) bond motifs is 2. The van der Waals surface area contributed by atoms with Crippen molar-refractivity contribution in [2.75, 3.05) is 47.6 Å². The molecule has 12 atom stereocenters. The van der Waals surface area contributed by atoms with Crippen LogP contribution in [0.15, 0.2) is 30.3 Å². The molecule has 1 unspecified atom stereocenters. The maximum atomic E-state index is 14.7. The molecule has 0 spiro atoms. The first-order valence-electron chi connectivity index (χ1n) is 25.0. The molecule has 3 saturated heterocycles. The molecule has 378 valence electrons. The summed E-state index contributed by atoms with van der Waals surface area (Å²) in [5.74, 6) is -5.39. The van der Waals surface area contributed by atoms with Gasteiger partial charge in [0, 0.05) is 70.9 Å². The third-order valence-electron chi connectivity index (χ3n) is 15.6. The van der Waals surface area contributed by atoms with Gasteiger partial charge in [-0.15, -0.1) is 0 Å². The zero-order chi connectivity index (χ0) is 50.0. The van der Waals surface area contributed by atoms with Crippen molar-refractivity contribution >= 4 is 47.1 Å². The summed E-state index contributed by atoms with van der Waals surface area (Å²) in [5.41, 5.74) is 0.830. The second-order valence-corrected chi connectivity index (χ2v) is 20.3. The van der Waals surface area contributed by atoms with Crippen molar-refractivity contribution in [3.8, 4) is 0 Å². The summed E-state index contributed by atoms with van der Waals surface area (Å²) in [4.78, 5) is 114. The Bertz CT molecular complexity index is 1940. The number of carboxylic acid groups (broad SMARTS) is 1. The van der Waals surface area contributed by atoms with E-state index < -0.39 is 54.1 Å². The lowest BCUT2D eigenvalue weighted by atomic mass is 9.83. The van der Waals surface area contributed by atoms with Crippen molar-refractivity contribution in [3.63, 3.8) is 0 Å². The SMILES string of the molecule is CC[C@H](C)[C@@H]([C@@H](CC(=O)N1CCC[C@H]1[C@H](OC)[C@@H](C)C(=O)C[C@@H](Cc1ccccc1)C(=O)O)OC)N(C)C(=O)[C@@H](CC(=O)[C@@H]1[C@H]2CC[C@H](C2)N1C(=O)CCOCCN1C(=O)CC(C)C1=O)C(C)C. The van der Waals surface area contributed by atoms with Crippen LogP contribution in [0.1, 0.15) is 118 Å². The molecule has 68 heavy (non-hydrogen) atoms. The number of piperidine rings is 1. The van der Waals surface area contributed by atoms with Crippen molar-refractivity contribution in [1.82, 2.24) is 19.6 Å². The van der Waals surface area contributed by atoms with E-state index in [0.717, 1.165) is 24.8 Å². The molecular weight excluding hydrogens is 873 g/mol. The number of ketones is 2. The Morgan fingerprint density at radius 2 is 1.60 bits per heavy atom. The summed E-state index contributed by atoms with van der Waals surface area (Å²) in [6.45, 7) is 12.1. The first-order valence-corrected chi connectivity index (χ1v) is 25.0. The van der Waals surface area contributed by atoms with Gasteiger partial charge in [0.05, 0.1) is 68.9 Å². The van der Waals surface area contributed by atoms with E-state index in [9.17, 15) is 43.5 Å². The van der Waals surface area contributed by atoms with Gasteiger partial charge >= 0.3 is 5.97 Å². The Labute approximate surface area is 403 Å². The summed E-state index contributed by atoms with van der Waals surface area (Å²) in [5, 5.41) is 10.0. The number of benzene rings is 1. The van der Waals surface area contributed by atoms with Crippen LogP contribution >= 0.6 is 0 Å². The van der Waals surface area contributed by atoms with Crippen molar-refractivity contribution in [3.05, 3.63) is 35.9 Å². The number of Topliss-reactive ketones (excluding diaryl/α,β-unsaturated/α-hetero) is 2. The normalized spacial score (nSPS) is 24.5. The molecule has 1 aromatic rings. The van der Waals surface area contributed by atoms with Gasteiger partial charge in [0.2, 0.25) is 29.5 Å². The van der Waals surface area contributed by atoms with Crippen molar-refractivity contribution in [1.29, 1.82) is 0 Å². The van der Waals surface area contributed by atoms with E-state index in [1.165, 1.54) is 19.1 Å². The molecule has 0 radical (unpaired) electrons. The van der Waals surface area contributed by atoms with E-state index >= 15 is 0 Å². The molecule has 3 aliphatic heterocycles. The van der Waals surface area contributed by atoms with E-state index in [0.29, 0.717) is 25.8 Å². The average molecular weight is 951 g/mol. The Kier molecular flexibility index (Phi) is 19.9. The van der Waals surface area contributed by atoms with Crippen LogP contribution in [-0.2, 0) is 59.0 Å². The fraction of sp³-hybridized carbons (Fsp3) is 0.731. The summed E-state index contributed by atoms with van der Waals surface area (Å²) in [7, 11) is 4.76. The van der Waals surface area contributed by atoms with E-state index in [4.69, 9.17) is 14.2 Å². The number of amides is 5. The highest BCUT2D eigenvalue weighted by atomic mass is 16.5. The third kappa shape index (κ3) is 12.8. The highest BCUT2D eigenvalue weighted by molar-refractivity contribution is 6.03. The number of rotatable bonds is 27. The van der Waals surface area contributed by atoms with Gasteiger partial charge in [-0.05, 0) is 61.8 Å². The monoisotopic (exact) mass is 951 g/mol. The molecule has 1 aromatic carbocycles. The smallest absolute Gasteiger partial charge is 0.307 e. The number of aliphatic carboxylic acids is 1. The molecule has 0 aromatic heterocycles. The third-order valence-corrected chi connectivity index (χ3v) is 15.6. The van der Waals surface area contributed by atoms with Crippen LogP contribution < -0.4 is 0 Å². The van der Waals surface area contributed by atoms with Gasteiger partial charge in [0.25, 0.3) is 0 Å². The maximum Gasteiger partial charge on any atom is 0.307 e. The van der Waals surface area contributed by atoms with Gasteiger partial charge in [-0.3, -0.25) is 43.3 Å². The number of carbonyl (C=O) groups is 8. The summed E-state index contributed by atoms with van der Waals surface area (Å²) < 4.78 is 17.7. The molecule has 3 heterocycles. The van der Waals surface area contributed by atoms with E-state index in [-0.39, 0.29) is 129 Å². The van der Waals surface area contributed by atoms with Gasteiger partial charge in [-0.2, -0.15) is 0 Å². The molecule has 4 aliphatic rings. The molecule has 2 bridgehead atoms. The van der Waals surface area contributed by atoms with Crippen LogP contribution in [0.3, 0.4) is 0 Å². The number of hydrogen-bond acceptors (Lipinski definition) is 11. The second-order valence-electron chi connectivity index (χ2n) is 20.3. The Hall–Kier alpha value is -4.54. The largest absolute Gasteiger partial charge is 0.481 e. The molecule has 4 fully saturated rings. The molecular formula is C52H78N4O12. The lowest BCUT2D eigenvalue weighted by Gasteiger charge is -2.41. The first kappa shape index (κ1) is 54.4. The minimum absolute atomic E-state index is 0.0125. The van der Waals surface area contributed by atoms with Gasteiger partial charge in [0.15, 0.2) is 5.78 Å². The summed E-state index contributed by atoms with van der Waals surface area (Å²) in [6.07, 6.45) is 3.21. The Balaban J connectivity index is 1.22. The number of carboxylic acids is 1. The zero-order valence-corrected chi connectivity index (χ0v) is 41.9. The first-order chi connectivity index (χ1) is 32.3. The fourth-order valence-corrected chi connectivity index (χ4v) is 11.5. The summed E-state index contributed by atoms with van der Waals surface area (Å²) in [6, 6.07) is 7.57. The lowest BCUT2D eigenvalue weighted by molar-refractivity contribution is -0.150. The van der Waals surface area contributed by atoms with Crippen LogP contribution in [0.25, 0.3) is 0 Å². The summed E-state index contributed by atoms with van der Waals surface area (Å²) >= 11 is 0. The fourth-order valence-electron chi connectivity index (χ4n) is 11.5. The number of methoxy groups -OCH3 is 2. The number of nitrogens with zero attached hydrogens (tertiary/aromatic N) is 4. The lowest BCUT2D eigenvalue weighted by Crippen LogP contribution is -2.54. The van der Waals surface area contributed by atoms with Gasteiger partial charge in [0.1, 0.15) is 5.78 Å². The number of ether oxygens (including phenoxy) is 3. The van der Waals surface area contributed by atoms with Crippen LogP contribution in [0, 0.1) is 41.4 Å². The molecule has 16 nitrogen and oxygen atoms in total. The van der Waals surface area contributed by atoms with Crippen LogP contribution in [-0.4, -0.2) is 156 Å². The number of carbonyl (C=O) groups excluding carboxylic acids is 7. The van der Waals surface area contributed by atoms with E-state index in [1.807, 2.05) is 58.0 Å².